The number of hydrogen-bond acceptors (Lipinski definition) is 8. The number of allylic oxidation sites excluding steroid dienone is 1. The maximum Gasteiger partial charge on any atom is 0.305 e. The van der Waals surface area contributed by atoms with E-state index in [4.69, 9.17) is 14.6 Å². The second kappa shape index (κ2) is 12.2. The number of fused-ring (bicyclic) bond motifs is 2. The average molecular weight is 575 g/mol. The first-order chi connectivity index (χ1) is 20.2. The number of ether oxygens (including phenoxy) is 2. The van der Waals surface area contributed by atoms with E-state index in [1.54, 1.807) is 58.3 Å². The lowest BCUT2D eigenvalue weighted by Gasteiger charge is -2.30. The third kappa shape index (κ3) is 6.43. The van der Waals surface area contributed by atoms with Gasteiger partial charge in [-0.1, -0.05) is 18.2 Å². The Morgan fingerprint density at radius 2 is 1.81 bits per heavy atom. The third-order valence-electron chi connectivity index (χ3n) is 7.04. The number of nitrogens with zero attached hydrogens (tertiary/aromatic N) is 2. The maximum absolute atomic E-state index is 13.2. The van der Waals surface area contributed by atoms with Crippen LogP contribution in [-0.4, -0.2) is 67.0 Å². The molecule has 1 aliphatic carbocycles. The van der Waals surface area contributed by atoms with E-state index in [2.05, 4.69) is 10.6 Å². The predicted molar refractivity (Wildman–Crippen MR) is 152 cm³/mol. The highest BCUT2D eigenvalue weighted by atomic mass is 16.7. The predicted octanol–water partition coefficient (Wildman–Crippen LogP) is 1.99. The highest BCUT2D eigenvalue weighted by Crippen LogP contribution is 2.42. The van der Waals surface area contributed by atoms with Crippen LogP contribution in [0.15, 0.2) is 59.8 Å². The largest absolute Gasteiger partial charge is 0.481 e. The lowest BCUT2D eigenvalue weighted by Crippen LogP contribution is -2.49. The molecule has 1 fully saturated rings. The van der Waals surface area contributed by atoms with Gasteiger partial charge in [-0.3, -0.25) is 19.2 Å². The first-order valence-corrected chi connectivity index (χ1v) is 13.4. The van der Waals surface area contributed by atoms with E-state index < -0.39 is 36.3 Å². The van der Waals surface area contributed by atoms with E-state index in [0.717, 1.165) is 24.0 Å². The fourth-order valence-corrected chi connectivity index (χ4v) is 5.07. The number of anilines is 2. The van der Waals surface area contributed by atoms with Gasteiger partial charge < -0.3 is 39.8 Å². The van der Waals surface area contributed by atoms with Crippen molar-refractivity contribution in [2.45, 2.75) is 38.3 Å². The third-order valence-corrected chi connectivity index (χ3v) is 7.04. The zero-order valence-corrected chi connectivity index (χ0v) is 22.9. The van der Waals surface area contributed by atoms with Crippen LogP contribution in [0.2, 0.25) is 0 Å². The quantitative estimate of drug-likeness (QED) is 0.301. The summed E-state index contributed by atoms with van der Waals surface area (Å²) in [4.78, 5) is 65.0. The van der Waals surface area contributed by atoms with Gasteiger partial charge in [0.15, 0.2) is 11.5 Å². The van der Waals surface area contributed by atoms with Crippen LogP contribution in [0.25, 0.3) is 6.08 Å². The highest BCUT2D eigenvalue weighted by molar-refractivity contribution is 5.99. The summed E-state index contributed by atoms with van der Waals surface area (Å²) >= 11 is 0. The number of rotatable bonds is 9. The van der Waals surface area contributed by atoms with Crippen molar-refractivity contribution in [3.8, 4) is 11.5 Å². The van der Waals surface area contributed by atoms with Gasteiger partial charge in [-0.25, -0.2) is 0 Å². The fourth-order valence-electron chi connectivity index (χ4n) is 5.07. The molecule has 0 radical (unpaired) electrons. The van der Waals surface area contributed by atoms with Crippen LogP contribution in [0.4, 0.5) is 11.4 Å². The second-order valence-electron chi connectivity index (χ2n) is 10.1. The Balaban J connectivity index is 1.44. The summed E-state index contributed by atoms with van der Waals surface area (Å²) in [7, 11) is 0. The number of carboxylic acid groups (broad SMARTS) is 1. The molecule has 3 N–H and O–H groups in total. The molecule has 2 aromatic rings. The van der Waals surface area contributed by atoms with Crippen LogP contribution in [0.3, 0.4) is 0 Å². The van der Waals surface area contributed by atoms with Gasteiger partial charge in [0.05, 0.1) is 36.4 Å². The molecule has 0 bridgehead atoms. The fraction of sp³-hybridized carbons (Fsp3) is 0.300. The zero-order chi connectivity index (χ0) is 29.8. The smallest absolute Gasteiger partial charge is 0.305 e. The minimum Gasteiger partial charge on any atom is -0.481 e. The molecule has 218 valence electrons. The second-order valence-corrected chi connectivity index (χ2v) is 10.1. The van der Waals surface area contributed by atoms with E-state index in [-0.39, 0.29) is 25.8 Å². The van der Waals surface area contributed by atoms with Gasteiger partial charge in [0, 0.05) is 18.7 Å². The SMILES string of the molecule is CC(=O)N1C[C@H](NC(=O)/C=C/c2ccc3c(c2)OCO3)C(=C2CC2)N(CC(=O)N[C@H](C=O)CC(=O)O)c2ccccc21. The van der Waals surface area contributed by atoms with Crippen molar-refractivity contribution >= 4 is 47.4 Å². The number of carbonyl (C=O) groups is 5. The van der Waals surface area contributed by atoms with Gasteiger partial charge in [-0.05, 0) is 54.3 Å². The molecule has 2 aromatic carbocycles. The molecule has 0 saturated heterocycles. The number of benzene rings is 2. The highest BCUT2D eigenvalue weighted by Gasteiger charge is 2.37. The lowest BCUT2D eigenvalue weighted by molar-refractivity contribution is -0.138. The minimum atomic E-state index is -1.22. The van der Waals surface area contributed by atoms with E-state index in [9.17, 15) is 24.0 Å². The lowest BCUT2D eigenvalue weighted by atomic mass is 10.1. The van der Waals surface area contributed by atoms with Gasteiger partial charge in [-0.15, -0.1) is 0 Å². The Morgan fingerprint density at radius 3 is 2.50 bits per heavy atom. The summed E-state index contributed by atoms with van der Waals surface area (Å²) in [5.41, 5.74) is 3.57. The molecular weight excluding hydrogens is 544 g/mol. The number of aliphatic carboxylic acids is 1. The van der Waals surface area contributed by atoms with Crippen molar-refractivity contribution in [3.63, 3.8) is 0 Å². The molecule has 2 atom stereocenters. The number of carboxylic acids is 1. The molecule has 42 heavy (non-hydrogen) atoms. The Bertz CT molecular complexity index is 1490. The molecule has 3 aliphatic rings. The van der Waals surface area contributed by atoms with Crippen LogP contribution in [-0.2, 0) is 24.0 Å². The monoisotopic (exact) mass is 574 g/mol. The molecule has 3 amide bonds. The number of carbonyl (C=O) groups excluding carboxylic acids is 4. The molecule has 1 saturated carbocycles. The van der Waals surface area contributed by atoms with Crippen molar-refractivity contribution in [1.29, 1.82) is 0 Å². The molecule has 2 heterocycles. The van der Waals surface area contributed by atoms with Gasteiger partial charge in [0.1, 0.15) is 12.8 Å². The number of nitrogens with one attached hydrogen (secondary N) is 2. The summed E-state index contributed by atoms with van der Waals surface area (Å²) in [6.07, 6.45) is 4.38. The summed E-state index contributed by atoms with van der Waals surface area (Å²) in [6.45, 7) is 1.44. The summed E-state index contributed by atoms with van der Waals surface area (Å²) < 4.78 is 10.7. The Morgan fingerprint density at radius 1 is 1.07 bits per heavy atom. The van der Waals surface area contributed by atoms with E-state index in [1.807, 2.05) is 0 Å². The maximum atomic E-state index is 13.2. The van der Waals surface area contributed by atoms with Crippen molar-refractivity contribution < 1.29 is 38.6 Å². The summed E-state index contributed by atoms with van der Waals surface area (Å²) in [6, 6.07) is 10.6. The van der Waals surface area contributed by atoms with Crippen LogP contribution >= 0.6 is 0 Å². The number of para-hydroxylation sites is 2. The summed E-state index contributed by atoms with van der Waals surface area (Å²) in [5.74, 6) is -1.23. The van der Waals surface area contributed by atoms with E-state index >= 15 is 0 Å². The van der Waals surface area contributed by atoms with Crippen molar-refractivity contribution in [2.24, 2.45) is 0 Å². The molecule has 12 heteroatoms. The number of amides is 3. The molecule has 0 unspecified atom stereocenters. The summed E-state index contributed by atoms with van der Waals surface area (Å²) in [5, 5.41) is 14.6. The minimum absolute atomic E-state index is 0.128. The van der Waals surface area contributed by atoms with Gasteiger partial charge >= 0.3 is 5.97 Å². The molecule has 12 nitrogen and oxygen atoms in total. The van der Waals surface area contributed by atoms with E-state index in [0.29, 0.717) is 34.9 Å². The Hall–Kier alpha value is -5.13. The molecule has 2 aliphatic heterocycles. The molecule has 0 aromatic heterocycles. The standard InChI is InChI=1S/C30H30N4O8/c1-18(36)33-14-22(32-27(37)11-7-19-6-10-25-26(12-19)42-17-41-25)30(20-8-9-20)34(24-5-3-2-4-23(24)33)15-28(38)31-21(16-35)13-29(39)40/h2-7,10-12,16,21-22H,8-9,13-15,17H2,1H3,(H,31,38)(H,32,37)(H,39,40)/b11-7+/t21-,22-/m0/s1. The Labute approximate surface area is 241 Å². The van der Waals surface area contributed by atoms with Gasteiger partial charge in [0.25, 0.3) is 0 Å². The zero-order valence-electron chi connectivity index (χ0n) is 22.9. The molecule has 0 spiro atoms. The van der Waals surface area contributed by atoms with E-state index in [1.165, 1.54) is 13.0 Å². The van der Waals surface area contributed by atoms with Crippen molar-refractivity contribution in [2.75, 3.05) is 29.7 Å². The number of hydrogen-bond donors (Lipinski definition) is 3. The van der Waals surface area contributed by atoms with Crippen LogP contribution in [0.5, 0.6) is 11.5 Å². The van der Waals surface area contributed by atoms with Crippen LogP contribution in [0.1, 0.15) is 31.7 Å². The Kier molecular flexibility index (Phi) is 8.23. The first kappa shape index (κ1) is 28.4. The van der Waals surface area contributed by atoms with Crippen molar-refractivity contribution in [1.82, 2.24) is 10.6 Å². The average Bonchev–Trinajstić information content (AvgIpc) is 3.70. The van der Waals surface area contributed by atoms with Crippen molar-refractivity contribution in [3.05, 3.63) is 65.4 Å². The van der Waals surface area contributed by atoms with Gasteiger partial charge in [-0.2, -0.15) is 0 Å². The molecular formula is C30H30N4O8. The first-order valence-electron chi connectivity index (χ1n) is 13.4. The van der Waals surface area contributed by atoms with Crippen LogP contribution < -0.4 is 29.9 Å². The van der Waals surface area contributed by atoms with Gasteiger partial charge in [0.2, 0.25) is 24.5 Å². The molecule has 5 rings (SSSR count). The topological polar surface area (TPSA) is 155 Å². The van der Waals surface area contributed by atoms with Crippen LogP contribution in [0, 0.1) is 0 Å². The number of aldehydes is 1. The normalized spacial score (nSPS) is 17.8.